The van der Waals surface area contributed by atoms with Gasteiger partial charge in [0.15, 0.2) is 0 Å². The van der Waals surface area contributed by atoms with E-state index in [-0.39, 0.29) is 12.4 Å². The predicted molar refractivity (Wildman–Crippen MR) is 96.5 cm³/mol. The van der Waals surface area contributed by atoms with Crippen LogP contribution >= 0.6 is 11.6 Å². The van der Waals surface area contributed by atoms with Gasteiger partial charge in [-0.25, -0.2) is 14.8 Å². The zero-order chi connectivity index (χ0) is 18.6. The van der Waals surface area contributed by atoms with E-state index in [2.05, 4.69) is 9.97 Å². The van der Waals surface area contributed by atoms with Crippen molar-refractivity contribution in [2.45, 2.75) is 44.2 Å². The van der Waals surface area contributed by atoms with Crippen molar-refractivity contribution in [2.75, 3.05) is 0 Å². The van der Waals surface area contributed by atoms with Crippen molar-refractivity contribution in [1.82, 2.24) is 14.9 Å². The zero-order valence-corrected chi connectivity index (χ0v) is 15.0. The Morgan fingerprint density at radius 1 is 1.31 bits per heavy atom. The fourth-order valence-electron chi connectivity index (χ4n) is 3.69. The lowest BCUT2D eigenvalue weighted by atomic mass is 9.77. The lowest BCUT2D eigenvalue weighted by Crippen LogP contribution is -2.50. The summed E-state index contributed by atoms with van der Waals surface area (Å²) in [5, 5.41) is 19.7. The predicted octanol–water partition coefficient (Wildman–Crippen LogP) is 4.34. The second-order valence-electron chi connectivity index (χ2n) is 6.47. The number of benzene rings is 1. The van der Waals surface area contributed by atoms with Crippen LogP contribution in [0.25, 0.3) is 0 Å². The molecule has 1 aromatic carbocycles. The molecule has 0 spiro atoms. The highest BCUT2D eigenvalue weighted by molar-refractivity contribution is 6.30. The van der Waals surface area contributed by atoms with E-state index in [9.17, 15) is 9.90 Å². The lowest BCUT2D eigenvalue weighted by Gasteiger charge is -2.44. The third kappa shape index (κ3) is 3.63. The number of hydrogen-bond acceptors (Lipinski definition) is 4. The third-order valence-corrected chi connectivity index (χ3v) is 5.13. The minimum absolute atomic E-state index is 0.0561. The molecule has 26 heavy (non-hydrogen) atoms. The largest absolute Gasteiger partial charge is 0.465 e. The van der Waals surface area contributed by atoms with Crippen LogP contribution in [0.15, 0.2) is 36.5 Å². The molecule has 6 nitrogen and oxygen atoms in total. The first-order chi connectivity index (χ1) is 12.5. The van der Waals surface area contributed by atoms with Crippen LogP contribution in [0, 0.1) is 11.3 Å². The van der Waals surface area contributed by atoms with Crippen LogP contribution in [0.4, 0.5) is 4.79 Å². The van der Waals surface area contributed by atoms with Crippen molar-refractivity contribution < 1.29 is 9.90 Å². The standard InChI is InChI=1S/C19H19ClN4O2/c20-15-6-4-5-14(11-15)13-24(18(25)26)19(8-2-1-3-9-19)16-7-10-22-17(12-21)23-16/h4-7,10-11H,1-3,8-9,13H2,(H,25,26). The highest BCUT2D eigenvalue weighted by Crippen LogP contribution is 2.42. The van der Waals surface area contributed by atoms with Crippen molar-refractivity contribution >= 4 is 17.7 Å². The Bertz CT molecular complexity index is 843. The first-order valence-corrected chi connectivity index (χ1v) is 8.91. The van der Waals surface area contributed by atoms with Crippen LogP contribution in [0.1, 0.15) is 49.2 Å². The van der Waals surface area contributed by atoms with Gasteiger partial charge in [-0.2, -0.15) is 5.26 Å². The molecule has 0 saturated heterocycles. The number of amides is 1. The molecule has 1 saturated carbocycles. The number of halogens is 1. The zero-order valence-electron chi connectivity index (χ0n) is 14.2. The van der Waals surface area contributed by atoms with E-state index < -0.39 is 11.6 Å². The van der Waals surface area contributed by atoms with Crippen LogP contribution in [-0.4, -0.2) is 26.1 Å². The van der Waals surface area contributed by atoms with Gasteiger partial charge >= 0.3 is 6.09 Å². The van der Waals surface area contributed by atoms with E-state index in [1.165, 1.54) is 11.1 Å². The number of carboxylic acid groups (broad SMARTS) is 1. The van der Waals surface area contributed by atoms with Crippen molar-refractivity contribution in [3.63, 3.8) is 0 Å². The maximum Gasteiger partial charge on any atom is 0.408 e. The summed E-state index contributed by atoms with van der Waals surface area (Å²) in [6.45, 7) is 0.210. The average Bonchev–Trinajstić information content (AvgIpc) is 2.66. The molecule has 0 atom stereocenters. The van der Waals surface area contributed by atoms with Gasteiger partial charge in [0, 0.05) is 11.2 Å². The Morgan fingerprint density at radius 2 is 2.08 bits per heavy atom. The molecule has 1 aromatic heterocycles. The van der Waals surface area contributed by atoms with Crippen molar-refractivity contribution in [1.29, 1.82) is 5.26 Å². The molecular weight excluding hydrogens is 352 g/mol. The maximum atomic E-state index is 12.2. The molecule has 1 aliphatic carbocycles. The lowest BCUT2D eigenvalue weighted by molar-refractivity contribution is 0.0384. The van der Waals surface area contributed by atoms with Crippen molar-refractivity contribution in [3.8, 4) is 6.07 Å². The summed E-state index contributed by atoms with van der Waals surface area (Å²) in [7, 11) is 0. The molecule has 1 amide bonds. The molecule has 3 rings (SSSR count). The van der Waals surface area contributed by atoms with E-state index in [0.29, 0.717) is 23.6 Å². The summed E-state index contributed by atoms with van der Waals surface area (Å²) in [5.74, 6) is 0.0561. The van der Waals surface area contributed by atoms with Crippen LogP contribution in [0.2, 0.25) is 5.02 Å². The summed E-state index contributed by atoms with van der Waals surface area (Å²) in [6, 6.07) is 10.9. The normalized spacial score (nSPS) is 15.8. The number of nitriles is 1. The molecule has 0 bridgehead atoms. The van der Waals surface area contributed by atoms with Gasteiger partial charge < -0.3 is 5.11 Å². The fourth-order valence-corrected chi connectivity index (χ4v) is 3.91. The van der Waals surface area contributed by atoms with Gasteiger partial charge in [-0.3, -0.25) is 4.90 Å². The Morgan fingerprint density at radius 3 is 2.73 bits per heavy atom. The van der Waals surface area contributed by atoms with Crippen molar-refractivity contribution in [2.24, 2.45) is 0 Å². The van der Waals surface area contributed by atoms with Crippen LogP contribution in [0.5, 0.6) is 0 Å². The first kappa shape index (κ1) is 18.2. The van der Waals surface area contributed by atoms with E-state index in [4.69, 9.17) is 16.9 Å². The van der Waals surface area contributed by atoms with Crippen LogP contribution < -0.4 is 0 Å². The topological polar surface area (TPSA) is 90.1 Å². The smallest absolute Gasteiger partial charge is 0.408 e. The molecule has 0 unspecified atom stereocenters. The number of aromatic nitrogens is 2. The summed E-state index contributed by atoms with van der Waals surface area (Å²) in [5.41, 5.74) is 0.647. The minimum atomic E-state index is -1.01. The van der Waals surface area contributed by atoms with Gasteiger partial charge in [0.1, 0.15) is 6.07 Å². The molecule has 1 N–H and O–H groups in total. The van der Waals surface area contributed by atoms with Gasteiger partial charge in [0.05, 0.1) is 17.8 Å². The van der Waals surface area contributed by atoms with Crippen molar-refractivity contribution in [3.05, 3.63) is 58.6 Å². The molecule has 1 heterocycles. The SMILES string of the molecule is N#Cc1nccc(C2(N(Cc3cccc(Cl)c3)C(=O)O)CCCCC2)n1. The highest BCUT2D eigenvalue weighted by atomic mass is 35.5. The Hall–Kier alpha value is -2.65. The quantitative estimate of drug-likeness (QED) is 0.864. The molecule has 1 fully saturated rings. The first-order valence-electron chi connectivity index (χ1n) is 8.54. The fraction of sp³-hybridized carbons (Fsp3) is 0.368. The van der Waals surface area contributed by atoms with Gasteiger partial charge in [-0.05, 0) is 36.6 Å². The number of rotatable bonds is 4. The van der Waals surface area contributed by atoms with Gasteiger partial charge in [0.25, 0.3) is 0 Å². The highest BCUT2D eigenvalue weighted by Gasteiger charge is 2.43. The second kappa shape index (κ2) is 7.71. The summed E-state index contributed by atoms with van der Waals surface area (Å²) in [6.07, 6.45) is 4.73. The molecule has 134 valence electrons. The second-order valence-corrected chi connectivity index (χ2v) is 6.90. The Labute approximate surface area is 157 Å². The maximum absolute atomic E-state index is 12.2. The van der Waals surface area contributed by atoms with E-state index in [1.54, 1.807) is 18.2 Å². The number of nitrogens with zero attached hydrogens (tertiary/aromatic N) is 4. The monoisotopic (exact) mass is 370 g/mol. The molecule has 0 radical (unpaired) electrons. The van der Waals surface area contributed by atoms with E-state index in [0.717, 1.165) is 24.8 Å². The molecular formula is C19H19ClN4O2. The van der Waals surface area contributed by atoms with E-state index >= 15 is 0 Å². The van der Waals surface area contributed by atoms with Gasteiger partial charge in [-0.1, -0.05) is 43.0 Å². The third-order valence-electron chi connectivity index (χ3n) is 4.89. The summed E-state index contributed by atoms with van der Waals surface area (Å²) in [4.78, 5) is 21.9. The minimum Gasteiger partial charge on any atom is -0.465 e. The van der Waals surface area contributed by atoms with Gasteiger partial charge in [-0.15, -0.1) is 0 Å². The number of hydrogen-bond donors (Lipinski definition) is 1. The average molecular weight is 371 g/mol. The molecule has 2 aromatic rings. The summed E-state index contributed by atoms with van der Waals surface area (Å²) < 4.78 is 0. The van der Waals surface area contributed by atoms with Crippen LogP contribution in [-0.2, 0) is 12.1 Å². The molecule has 7 heteroatoms. The van der Waals surface area contributed by atoms with E-state index in [1.807, 2.05) is 18.2 Å². The molecule has 1 aliphatic rings. The summed E-state index contributed by atoms with van der Waals surface area (Å²) >= 11 is 6.06. The number of carbonyl (C=O) groups is 1. The Kier molecular flexibility index (Phi) is 5.38. The Balaban J connectivity index is 2.05. The molecule has 0 aliphatic heterocycles. The van der Waals surface area contributed by atoms with Gasteiger partial charge in [0.2, 0.25) is 5.82 Å². The van der Waals surface area contributed by atoms with Crippen LogP contribution in [0.3, 0.4) is 0 Å².